The lowest BCUT2D eigenvalue weighted by Gasteiger charge is -2.02. The molecule has 118 valence electrons. The van der Waals surface area contributed by atoms with Gasteiger partial charge in [0.1, 0.15) is 5.52 Å². The average molecular weight is 331 g/mol. The molecule has 0 bridgehead atoms. The lowest BCUT2D eigenvalue weighted by Crippen LogP contribution is -2.26. The van der Waals surface area contributed by atoms with Crippen molar-refractivity contribution in [2.45, 2.75) is 6.42 Å². The lowest BCUT2D eigenvalue weighted by molar-refractivity contribution is 0.0945. The van der Waals surface area contributed by atoms with Crippen LogP contribution < -0.4 is 5.32 Å². The van der Waals surface area contributed by atoms with Crippen molar-refractivity contribution >= 4 is 28.6 Å². The van der Waals surface area contributed by atoms with Gasteiger partial charge >= 0.3 is 0 Å². The Morgan fingerprint density at radius 3 is 2.74 bits per heavy atom. The molecule has 0 radical (unpaired) electrons. The number of nitrogens with zero attached hydrogens (tertiary/aromatic N) is 1. The molecule has 0 fully saturated rings. The van der Waals surface area contributed by atoms with Crippen LogP contribution in [0.5, 0.6) is 0 Å². The molecular formula is C17H15ClN2O3. The van der Waals surface area contributed by atoms with E-state index in [1.807, 2.05) is 24.3 Å². The molecule has 3 rings (SSSR count). The molecule has 0 aliphatic rings. The first-order chi connectivity index (χ1) is 11.2. The molecule has 23 heavy (non-hydrogen) atoms. The molecule has 0 spiro atoms. The number of hydrogen-bond donors (Lipinski definition) is 2. The Morgan fingerprint density at radius 1 is 1.22 bits per heavy atom. The van der Waals surface area contributed by atoms with Crippen LogP contribution in [0.1, 0.15) is 21.8 Å². The molecule has 5 nitrogen and oxygen atoms in total. The number of oxazole rings is 1. The van der Waals surface area contributed by atoms with Crippen LogP contribution in [0.25, 0.3) is 11.1 Å². The van der Waals surface area contributed by atoms with E-state index >= 15 is 0 Å². The summed E-state index contributed by atoms with van der Waals surface area (Å²) in [6.07, 6.45) is 0.553. The summed E-state index contributed by atoms with van der Waals surface area (Å²) in [7, 11) is 0. The van der Waals surface area contributed by atoms with Crippen LogP contribution in [-0.4, -0.2) is 29.1 Å². The highest BCUT2D eigenvalue weighted by Gasteiger charge is 2.11. The van der Waals surface area contributed by atoms with Gasteiger partial charge in [0.25, 0.3) is 5.91 Å². The zero-order valence-electron chi connectivity index (χ0n) is 12.3. The second-order valence-electron chi connectivity index (χ2n) is 5.07. The number of benzene rings is 2. The molecule has 0 saturated carbocycles. The Labute approximate surface area is 137 Å². The molecule has 0 unspecified atom stereocenters. The van der Waals surface area contributed by atoms with Crippen LogP contribution in [-0.2, 0) is 6.42 Å². The fourth-order valence-electron chi connectivity index (χ4n) is 2.24. The van der Waals surface area contributed by atoms with Gasteiger partial charge in [0.15, 0.2) is 11.5 Å². The number of rotatable bonds is 5. The fraction of sp³-hybridized carbons (Fsp3) is 0.176. The SMILES string of the molecule is O=C(NCCO)c1ccc2oc(Cc3ccc(Cl)cc3)nc2c1. The fourth-order valence-corrected chi connectivity index (χ4v) is 2.37. The summed E-state index contributed by atoms with van der Waals surface area (Å²) in [5, 5.41) is 12.0. The highest BCUT2D eigenvalue weighted by Crippen LogP contribution is 2.20. The van der Waals surface area contributed by atoms with Gasteiger partial charge < -0.3 is 14.8 Å². The van der Waals surface area contributed by atoms with Crippen LogP contribution in [0.2, 0.25) is 5.02 Å². The summed E-state index contributed by atoms with van der Waals surface area (Å²) in [4.78, 5) is 16.3. The molecule has 0 aliphatic heterocycles. The largest absolute Gasteiger partial charge is 0.440 e. The van der Waals surface area contributed by atoms with Crippen molar-refractivity contribution in [1.29, 1.82) is 0 Å². The van der Waals surface area contributed by atoms with Crippen LogP contribution >= 0.6 is 11.6 Å². The summed E-state index contributed by atoms with van der Waals surface area (Å²) in [6.45, 7) is 0.126. The number of nitrogens with one attached hydrogen (secondary N) is 1. The van der Waals surface area contributed by atoms with E-state index < -0.39 is 0 Å². The third-order valence-electron chi connectivity index (χ3n) is 3.36. The van der Waals surface area contributed by atoms with E-state index in [0.29, 0.717) is 34.0 Å². The van der Waals surface area contributed by atoms with E-state index in [-0.39, 0.29) is 19.1 Å². The number of carbonyl (C=O) groups excluding carboxylic acids is 1. The minimum absolute atomic E-state index is 0.0941. The highest BCUT2D eigenvalue weighted by molar-refractivity contribution is 6.30. The molecule has 0 saturated heterocycles. The molecule has 3 aromatic rings. The Kier molecular flexibility index (Phi) is 4.60. The lowest BCUT2D eigenvalue weighted by atomic mass is 10.1. The number of carbonyl (C=O) groups is 1. The van der Waals surface area contributed by atoms with E-state index in [1.165, 1.54) is 0 Å². The van der Waals surface area contributed by atoms with Crippen molar-refractivity contribution in [2.75, 3.05) is 13.2 Å². The van der Waals surface area contributed by atoms with Gasteiger partial charge in [0.05, 0.1) is 6.61 Å². The van der Waals surface area contributed by atoms with Crippen LogP contribution in [0, 0.1) is 0 Å². The third kappa shape index (κ3) is 3.70. The molecule has 1 amide bonds. The second kappa shape index (κ2) is 6.81. The Morgan fingerprint density at radius 2 is 2.00 bits per heavy atom. The molecule has 1 heterocycles. The summed E-state index contributed by atoms with van der Waals surface area (Å²) in [5.74, 6) is 0.332. The highest BCUT2D eigenvalue weighted by atomic mass is 35.5. The van der Waals surface area contributed by atoms with Crippen molar-refractivity contribution in [1.82, 2.24) is 10.3 Å². The summed E-state index contributed by atoms with van der Waals surface area (Å²) in [6, 6.07) is 12.6. The maximum absolute atomic E-state index is 11.9. The Hall–Kier alpha value is -2.37. The monoisotopic (exact) mass is 330 g/mol. The standard InChI is InChI=1S/C17H15ClN2O3/c18-13-4-1-11(2-5-13)9-16-20-14-10-12(3-6-15(14)23-16)17(22)19-7-8-21/h1-6,10,21H,7-9H2,(H,19,22). The zero-order chi connectivity index (χ0) is 16.2. The summed E-state index contributed by atoms with van der Waals surface area (Å²) < 4.78 is 5.70. The number of aromatic nitrogens is 1. The molecular weight excluding hydrogens is 316 g/mol. The first-order valence-corrected chi connectivity index (χ1v) is 7.56. The first kappa shape index (κ1) is 15.5. The van der Waals surface area contributed by atoms with Crippen LogP contribution in [0.4, 0.5) is 0 Å². The predicted molar refractivity (Wildman–Crippen MR) is 87.7 cm³/mol. The Balaban J connectivity index is 1.81. The third-order valence-corrected chi connectivity index (χ3v) is 3.61. The van der Waals surface area contributed by atoms with Crippen LogP contribution in [0.3, 0.4) is 0 Å². The van der Waals surface area contributed by atoms with E-state index in [1.54, 1.807) is 18.2 Å². The molecule has 0 atom stereocenters. The van der Waals surface area contributed by atoms with Crippen molar-refractivity contribution in [3.05, 3.63) is 64.5 Å². The number of aliphatic hydroxyl groups is 1. The Bertz CT molecular complexity index is 827. The van der Waals surface area contributed by atoms with Gasteiger partial charge in [0, 0.05) is 23.6 Å². The summed E-state index contributed by atoms with van der Waals surface area (Å²) in [5.41, 5.74) is 2.79. The summed E-state index contributed by atoms with van der Waals surface area (Å²) >= 11 is 5.87. The van der Waals surface area contributed by atoms with Gasteiger partial charge in [-0.05, 0) is 35.9 Å². The van der Waals surface area contributed by atoms with Gasteiger partial charge in [0.2, 0.25) is 0 Å². The minimum atomic E-state index is -0.247. The molecule has 0 aliphatic carbocycles. The van der Waals surface area contributed by atoms with E-state index in [9.17, 15) is 4.79 Å². The van der Waals surface area contributed by atoms with Crippen LogP contribution in [0.15, 0.2) is 46.9 Å². The van der Waals surface area contributed by atoms with Crippen molar-refractivity contribution in [3.8, 4) is 0 Å². The number of amides is 1. The maximum atomic E-state index is 11.9. The molecule has 1 aromatic heterocycles. The molecule has 2 N–H and O–H groups in total. The van der Waals surface area contributed by atoms with Gasteiger partial charge in [-0.25, -0.2) is 4.98 Å². The van der Waals surface area contributed by atoms with Gasteiger partial charge in [-0.2, -0.15) is 0 Å². The molecule has 6 heteroatoms. The normalized spacial score (nSPS) is 10.9. The average Bonchev–Trinajstić information content (AvgIpc) is 2.96. The number of aliphatic hydroxyl groups excluding tert-OH is 1. The van der Waals surface area contributed by atoms with Crippen molar-refractivity contribution < 1.29 is 14.3 Å². The number of fused-ring (bicyclic) bond motifs is 1. The molecule has 2 aromatic carbocycles. The van der Waals surface area contributed by atoms with Gasteiger partial charge in [-0.3, -0.25) is 4.79 Å². The zero-order valence-corrected chi connectivity index (χ0v) is 13.0. The van der Waals surface area contributed by atoms with Crippen molar-refractivity contribution in [3.63, 3.8) is 0 Å². The predicted octanol–water partition coefficient (Wildman–Crippen LogP) is 2.79. The van der Waals surface area contributed by atoms with E-state index in [0.717, 1.165) is 5.56 Å². The number of hydrogen-bond acceptors (Lipinski definition) is 4. The smallest absolute Gasteiger partial charge is 0.251 e. The van der Waals surface area contributed by atoms with Gasteiger partial charge in [-0.1, -0.05) is 23.7 Å². The van der Waals surface area contributed by atoms with Gasteiger partial charge in [-0.15, -0.1) is 0 Å². The van der Waals surface area contributed by atoms with E-state index in [2.05, 4.69) is 10.3 Å². The second-order valence-corrected chi connectivity index (χ2v) is 5.51. The topological polar surface area (TPSA) is 75.4 Å². The maximum Gasteiger partial charge on any atom is 0.251 e. The number of halogens is 1. The first-order valence-electron chi connectivity index (χ1n) is 7.18. The van der Waals surface area contributed by atoms with E-state index in [4.69, 9.17) is 21.1 Å². The van der Waals surface area contributed by atoms with Crippen molar-refractivity contribution in [2.24, 2.45) is 0 Å². The quantitative estimate of drug-likeness (QED) is 0.754. The minimum Gasteiger partial charge on any atom is -0.440 e.